The molecule has 0 spiro atoms. The summed E-state index contributed by atoms with van der Waals surface area (Å²) in [6.45, 7) is 7.90. The number of carbonyl (C=O) groups excluding carboxylic acids is 2. The lowest BCUT2D eigenvalue weighted by molar-refractivity contribution is 0.0484. The summed E-state index contributed by atoms with van der Waals surface area (Å²) in [5.74, 6) is 0.315. The molecule has 1 heterocycles. The molecule has 4 aromatic rings. The third kappa shape index (κ3) is 7.97. The van der Waals surface area contributed by atoms with Crippen LogP contribution in [0.15, 0.2) is 72.8 Å². The number of methoxy groups -OCH3 is 1. The molecule has 0 aliphatic carbocycles. The van der Waals surface area contributed by atoms with E-state index < -0.39 is 12.1 Å². The minimum Gasteiger partial charge on any atom is -0.492 e. The van der Waals surface area contributed by atoms with Crippen LogP contribution in [0.5, 0.6) is 5.75 Å². The first-order chi connectivity index (χ1) is 22.0. The van der Waals surface area contributed by atoms with Gasteiger partial charge in [-0.1, -0.05) is 75.4 Å². The zero-order valence-electron chi connectivity index (χ0n) is 27.5. The van der Waals surface area contributed by atoms with Gasteiger partial charge < -0.3 is 29.7 Å². The molecule has 4 aromatic carbocycles. The number of amides is 3. The lowest BCUT2D eigenvalue weighted by Gasteiger charge is -2.24. The van der Waals surface area contributed by atoms with Gasteiger partial charge in [0.15, 0.2) is 5.75 Å². The molecule has 5 rings (SSSR count). The van der Waals surface area contributed by atoms with Crippen molar-refractivity contribution in [2.24, 2.45) is 0 Å². The van der Waals surface area contributed by atoms with Crippen molar-refractivity contribution < 1.29 is 23.8 Å². The highest BCUT2D eigenvalue weighted by Gasteiger charge is 2.23. The Morgan fingerprint density at radius 1 is 0.891 bits per heavy atom. The monoisotopic (exact) mass is 624 g/mol. The predicted octanol–water partition coefficient (Wildman–Crippen LogP) is 8.25. The van der Waals surface area contributed by atoms with Crippen molar-refractivity contribution in [2.45, 2.75) is 51.7 Å². The maximum atomic E-state index is 13.5. The number of benzene rings is 4. The summed E-state index contributed by atoms with van der Waals surface area (Å²) in [4.78, 5) is 28.4. The van der Waals surface area contributed by atoms with Gasteiger partial charge in [-0.25, -0.2) is 9.59 Å². The van der Waals surface area contributed by atoms with Gasteiger partial charge in [0.25, 0.3) is 0 Å². The molecular weight excluding hydrogens is 580 g/mol. The molecule has 3 N–H and O–H groups in total. The Bertz CT molecular complexity index is 1690. The van der Waals surface area contributed by atoms with Crippen LogP contribution in [0, 0.1) is 0 Å². The molecule has 1 fully saturated rings. The van der Waals surface area contributed by atoms with Crippen molar-refractivity contribution in [3.8, 4) is 16.9 Å². The van der Waals surface area contributed by atoms with Crippen LogP contribution in [0.4, 0.5) is 26.7 Å². The van der Waals surface area contributed by atoms with Crippen LogP contribution < -0.4 is 20.7 Å². The Hall–Kier alpha value is -4.60. The van der Waals surface area contributed by atoms with Gasteiger partial charge in [0.2, 0.25) is 0 Å². The summed E-state index contributed by atoms with van der Waals surface area (Å²) in [6.07, 6.45) is 1.11. The Morgan fingerprint density at radius 2 is 1.57 bits per heavy atom. The molecule has 0 bridgehead atoms. The quantitative estimate of drug-likeness (QED) is 0.173. The standard InChI is InChI=1S/C37H44N4O5/c1-37(2,3)26-20-32(34(44-6)33(21-26)40-36(43)46-23-27-10-9-19-45-27)39-35(42)38-31-18-17-28(29-11-7-8-12-30(29)31)25-15-13-24(14-16-25)22-41(4)5/h7-8,11-18,20-21,27H,9-10,19,22-23H2,1-6H3,(H,40,43)(H2,38,39,42). The molecule has 9 heteroatoms. The lowest BCUT2D eigenvalue weighted by atomic mass is 9.86. The van der Waals surface area contributed by atoms with Gasteiger partial charge in [-0.3, -0.25) is 5.32 Å². The third-order valence-electron chi connectivity index (χ3n) is 8.00. The molecule has 242 valence electrons. The molecule has 1 aliphatic heterocycles. The minimum absolute atomic E-state index is 0.0896. The summed E-state index contributed by atoms with van der Waals surface area (Å²) in [6, 6.07) is 23.8. The van der Waals surface area contributed by atoms with E-state index in [1.165, 1.54) is 12.7 Å². The van der Waals surface area contributed by atoms with Crippen LogP contribution in [0.25, 0.3) is 21.9 Å². The molecule has 1 saturated heterocycles. The summed E-state index contributed by atoms with van der Waals surface area (Å²) in [5.41, 5.74) is 5.52. The number of nitrogens with zero attached hydrogens (tertiary/aromatic N) is 1. The number of fused-ring (bicyclic) bond motifs is 1. The van der Waals surface area contributed by atoms with E-state index in [4.69, 9.17) is 14.2 Å². The van der Waals surface area contributed by atoms with Crippen molar-refractivity contribution in [2.75, 3.05) is 50.4 Å². The summed E-state index contributed by atoms with van der Waals surface area (Å²) < 4.78 is 16.7. The summed E-state index contributed by atoms with van der Waals surface area (Å²) in [7, 11) is 5.61. The number of rotatable bonds is 9. The van der Waals surface area contributed by atoms with E-state index in [0.29, 0.717) is 29.4 Å². The fourth-order valence-corrected chi connectivity index (χ4v) is 5.65. The number of urea groups is 1. The van der Waals surface area contributed by atoms with Crippen molar-refractivity contribution in [3.05, 3.63) is 83.9 Å². The van der Waals surface area contributed by atoms with Crippen LogP contribution in [-0.4, -0.2) is 57.5 Å². The second-order valence-corrected chi connectivity index (χ2v) is 12.9. The second kappa shape index (κ2) is 14.2. The highest BCUT2D eigenvalue weighted by atomic mass is 16.6. The normalized spacial score (nSPS) is 14.7. The van der Waals surface area contributed by atoms with Crippen LogP contribution in [0.3, 0.4) is 0 Å². The Labute approximate surface area is 271 Å². The van der Waals surface area contributed by atoms with Gasteiger partial charge in [0.1, 0.15) is 6.61 Å². The second-order valence-electron chi connectivity index (χ2n) is 12.9. The van der Waals surface area contributed by atoms with Gasteiger partial charge in [-0.15, -0.1) is 0 Å². The first-order valence-electron chi connectivity index (χ1n) is 15.6. The molecule has 0 saturated carbocycles. The largest absolute Gasteiger partial charge is 0.492 e. The molecule has 9 nitrogen and oxygen atoms in total. The summed E-state index contributed by atoms with van der Waals surface area (Å²) >= 11 is 0. The van der Waals surface area contributed by atoms with Gasteiger partial charge in [-0.2, -0.15) is 0 Å². The lowest BCUT2D eigenvalue weighted by Crippen LogP contribution is -2.23. The van der Waals surface area contributed by atoms with Crippen molar-refractivity contribution >= 4 is 40.0 Å². The number of anilines is 3. The van der Waals surface area contributed by atoms with E-state index in [0.717, 1.165) is 46.8 Å². The van der Waals surface area contributed by atoms with E-state index >= 15 is 0 Å². The highest BCUT2D eigenvalue weighted by molar-refractivity contribution is 6.10. The third-order valence-corrected chi connectivity index (χ3v) is 8.00. The van der Waals surface area contributed by atoms with E-state index in [9.17, 15) is 9.59 Å². The zero-order chi connectivity index (χ0) is 32.8. The number of carbonyl (C=O) groups is 2. The van der Waals surface area contributed by atoms with Gasteiger partial charge in [0, 0.05) is 18.5 Å². The molecule has 1 atom stereocenters. The average Bonchev–Trinajstić information content (AvgIpc) is 3.54. The molecule has 1 aliphatic rings. The first kappa shape index (κ1) is 32.8. The van der Waals surface area contributed by atoms with Gasteiger partial charge in [0.05, 0.1) is 30.3 Å². The predicted molar refractivity (Wildman–Crippen MR) is 185 cm³/mol. The summed E-state index contributed by atoms with van der Waals surface area (Å²) in [5, 5.41) is 10.7. The fourth-order valence-electron chi connectivity index (χ4n) is 5.65. The van der Waals surface area contributed by atoms with E-state index in [-0.39, 0.29) is 18.1 Å². The van der Waals surface area contributed by atoms with E-state index in [2.05, 4.69) is 86.0 Å². The van der Waals surface area contributed by atoms with Crippen LogP contribution in [0.2, 0.25) is 0 Å². The first-order valence-corrected chi connectivity index (χ1v) is 15.6. The smallest absolute Gasteiger partial charge is 0.411 e. The zero-order valence-corrected chi connectivity index (χ0v) is 27.5. The van der Waals surface area contributed by atoms with E-state index in [1.54, 1.807) is 0 Å². The SMILES string of the molecule is COc1c(NC(=O)Nc2ccc(-c3ccc(CN(C)C)cc3)c3ccccc23)cc(C(C)(C)C)cc1NC(=O)OCC1CCCO1. The van der Waals surface area contributed by atoms with Crippen LogP contribution in [-0.2, 0) is 21.4 Å². The molecule has 46 heavy (non-hydrogen) atoms. The van der Waals surface area contributed by atoms with E-state index in [1.807, 2.05) is 42.5 Å². The number of nitrogens with one attached hydrogen (secondary N) is 3. The molecule has 1 unspecified atom stereocenters. The minimum atomic E-state index is -0.617. The molecule has 0 radical (unpaired) electrons. The molecule has 3 amide bonds. The Balaban J connectivity index is 1.38. The average molecular weight is 625 g/mol. The maximum absolute atomic E-state index is 13.5. The van der Waals surface area contributed by atoms with Crippen molar-refractivity contribution in [1.82, 2.24) is 4.90 Å². The van der Waals surface area contributed by atoms with Crippen molar-refractivity contribution in [1.29, 1.82) is 0 Å². The Morgan fingerprint density at radius 3 is 2.20 bits per heavy atom. The Kier molecular flexibility index (Phi) is 10.1. The van der Waals surface area contributed by atoms with Gasteiger partial charge in [-0.05, 0) is 78.2 Å². The van der Waals surface area contributed by atoms with Crippen LogP contribution >= 0.6 is 0 Å². The maximum Gasteiger partial charge on any atom is 0.411 e. The molecule has 0 aromatic heterocycles. The fraction of sp³-hybridized carbons (Fsp3) is 0.351. The van der Waals surface area contributed by atoms with Crippen molar-refractivity contribution in [3.63, 3.8) is 0 Å². The highest BCUT2D eigenvalue weighted by Crippen LogP contribution is 2.39. The van der Waals surface area contributed by atoms with Gasteiger partial charge >= 0.3 is 12.1 Å². The molecular formula is C37H44N4O5. The number of hydrogen-bond donors (Lipinski definition) is 3. The number of ether oxygens (including phenoxy) is 3. The topological polar surface area (TPSA) is 101 Å². The number of hydrogen-bond acceptors (Lipinski definition) is 6. The van der Waals surface area contributed by atoms with Crippen LogP contribution in [0.1, 0.15) is 44.7 Å².